The third-order valence-corrected chi connectivity index (χ3v) is 2.46. The van der Waals surface area contributed by atoms with E-state index in [2.05, 4.69) is 10.6 Å². The fraction of sp³-hybridized carbons (Fsp3) is 0.300. The molecule has 0 bridgehead atoms. The molecule has 1 aromatic carbocycles. The SMILES string of the molecule is O=C1CNCC(c2cccc(Cl)c2)N1. The van der Waals surface area contributed by atoms with Gasteiger partial charge >= 0.3 is 0 Å². The summed E-state index contributed by atoms with van der Waals surface area (Å²) < 4.78 is 0. The number of carbonyl (C=O) groups excluding carboxylic acids is 1. The predicted molar refractivity (Wildman–Crippen MR) is 55.2 cm³/mol. The molecular weight excluding hydrogens is 200 g/mol. The molecule has 3 nitrogen and oxygen atoms in total. The van der Waals surface area contributed by atoms with Crippen LogP contribution in [0.3, 0.4) is 0 Å². The standard InChI is InChI=1S/C10H11ClN2O/c11-8-3-1-2-7(4-8)9-5-12-6-10(14)13-9/h1-4,9,12H,5-6H2,(H,13,14). The van der Waals surface area contributed by atoms with Gasteiger partial charge in [-0.05, 0) is 17.7 Å². The van der Waals surface area contributed by atoms with E-state index >= 15 is 0 Å². The van der Waals surface area contributed by atoms with Crippen LogP contribution in [0.25, 0.3) is 0 Å². The summed E-state index contributed by atoms with van der Waals surface area (Å²) in [4.78, 5) is 11.1. The molecule has 1 amide bonds. The van der Waals surface area contributed by atoms with Crippen molar-refractivity contribution >= 4 is 17.5 Å². The van der Waals surface area contributed by atoms with Crippen LogP contribution in [0.15, 0.2) is 24.3 Å². The average Bonchev–Trinajstić information content (AvgIpc) is 2.18. The second kappa shape index (κ2) is 3.98. The highest BCUT2D eigenvalue weighted by molar-refractivity contribution is 6.30. The average molecular weight is 211 g/mol. The molecule has 1 aliphatic heterocycles. The van der Waals surface area contributed by atoms with Gasteiger partial charge < -0.3 is 10.6 Å². The summed E-state index contributed by atoms with van der Waals surface area (Å²) >= 11 is 5.87. The molecule has 1 aliphatic rings. The molecule has 1 aromatic rings. The van der Waals surface area contributed by atoms with Crippen molar-refractivity contribution in [3.05, 3.63) is 34.9 Å². The number of benzene rings is 1. The van der Waals surface area contributed by atoms with Crippen LogP contribution in [0.4, 0.5) is 0 Å². The summed E-state index contributed by atoms with van der Waals surface area (Å²) in [6, 6.07) is 7.58. The smallest absolute Gasteiger partial charge is 0.234 e. The third kappa shape index (κ3) is 2.05. The highest BCUT2D eigenvalue weighted by atomic mass is 35.5. The van der Waals surface area contributed by atoms with Crippen LogP contribution in [-0.2, 0) is 4.79 Å². The van der Waals surface area contributed by atoms with Crippen molar-refractivity contribution in [2.24, 2.45) is 0 Å². The van der Waals surface area contributed by atoms with Gasteiger partial charge in [0.15, 0.2) is 0 Å². The molecule has 1 fully saturated rings. The van der Waals surface area contributed by atoms with Gasteiger partial charge in [0.25, 0.3) is 0 Å². The predicted octanol–water partition coefficient (Wildman–Crippen LogP) is 1.10. The number of hydrogen-bond donors (Lipinski definition) is 2. The Bertz CT molecular complexity index is 354. The van der Waals surface area contributed by atoms with E-state index in [1.54, 1.807) is 0 Å². The summed E-state index contributed by atoms with van der Waals surface area (Å²) in [5.41, 5.74) is 1.04. The van der Waals surface area contributed by atoms with Gasteiger partial charge in [-0.1, -0.05) is 23.7 Å². The number of amides is 1. The number of carbonyl (C=O) groups is 1. The fourth-order valence-electron chi connectivity index (χ4n) is 1.55. The fourth-order valence-corrected chi connectivity index (χ4v) is 1.75. The van der Waals surface area contributed by atoms with Crippen molar-refractivity contribution in [2.75, 3.05) is 13.1 Å². The zero-order valence-electron chi connectivity index (χ0n) is 7.59. The first-order valence-electron chi connectivity index (χ1n) is 4.51. The quantitative estimate of drug-likeness (QED) is 0.729. The Morgan fingerprint density at radius 3 is 3.00 bits per heavy atom. The van der Waals surface area contributed by atoms with E-state index in [0.29, 0.717) is 11.6 Å². The Hall–Kier alpha value is -1.06. The number of nitrogens with one attached hydrogen (secondary N) is 2. The van der Waals surface area contributed by atoms with Gasteiger partial charge in [0.05, 0.1) is 12.6 Å². The number of rotatable bonds is 1. The lowest BCUT2D eigenvalue weighted by molar-refractivity contribution is -0.122. The maximum absolute atomic E-state index is 11.1. The molecule has 1 unspecified atom stereocenters. The zero-order chi connectivity index (χ0) is 9.97. The van der Waals surface area contributed by atoms with Gasteiger partial charge in [-0.15, -0.1) is 0 Å². The third-order valence-electron chi connectivity index (χ3n) is 2.22. The van der Waals surface area contributed by atoms with E-state index in [0.717, 1.165) is 12.1 Å². The van der Waals surface area contributed by atoms with E-state index in [1.165, 1.54) is 0 Å². The summed E-state index contributed by atoms with van der Waals surface area (Å²) in [5.74, 6) is 0.0289. The molecule has 1 heterocycles. The minimum atomic E-state index is 0.0289. The molecule has 14 heavy (non-hydrogen) atoms. The Kier molecular flexibility index (Phi) is 2.70. The van der Waals surface area contributed by atoms with Gasteiger partial charge in [0, 0.05) is 11.6 Å². The minimum absolute atomic E-state index is 0.0289. The molecule has 0 saturated carbocycles. The van der Waals surface area contributed by atoms with Crippen molar-refractivity contribution in [1.29, 1.82) is 0 Å². The van der Waals surface area contributed by atoms with Crippen molar-refractivity contribution in [3.8, 4) is 0 Å². The highest BCUT2D eigenvalue weighted by Crippen LogP contribution is 2.18. The first-order valence-corrected chi connectivity index (χ1v) is 4.89. The zero-order valence-corrected chi connectivity index (χ0v) is 8.34. The minimum Gasteiger partial charge on any atom is -0.347 e. The van der Waals surface area contributed by atoms with Crippen molar-refractivity contribution in [3.63, 3.8) is 0 Å². The first kappa shape index (κ1) is 9.49. The normalized spacial score (nSPS) is 21.8. The number of piperazine rings is 1. The summed E-state index contributed by atoms with van der Waals surface area (Å²) in [7, 11) is 0. The Balaban J connectivity index is 2.17. The first-order chi connectivity index (χ1) is 6.75. The van der Waals surface area contributed by atoms with Crippen LogP contribution in [-0.4, -0.2) is 19.0 Å². The van der Waals surface area contributed by atoms with E-state index in [4.69, 9.17) is 11.6 Å². The second-order valence-corrected chi connectivity index (χ2v) is 3.74. The van der Waals surface area contributed by atoms with E-state index in [1.807, 2.05) is 24.3 Å². The van der Waals surface area contributed by atoms with Crippen molar-refractivity contribution in [1.82, 2.24) is 10.6 Å². The Morgan fingerprint density at radius 1 is 1.43 bits per heavy atom. The molecule has 74 valence electrons. The number of hydrogen-bond acceptors (Lipinski definition) is 2. The lowest BCUT2D eigenvalue weighted by Crippen LogP contribution is -2.46. The van der Waals surface area contributed by atoms with Gasteiger partial charge in [0.2, 0.25) is 5.91 Å². The molecule has 1 atom stereocenters. The van der Waals surface area contributed by atoms with E-state index in [9.17, 15) is 4.79 Å². The summed E-state index contributed by atoms with van der Waals surface area (Å²) in [6.45, 7) is 1.16. The molecular formula is C10H11ClN2O. The van der Waals surface area contributed by atoms with Crippen LogP contribution in [0.5, 0.6) is 0 Å². The van der Waals surface area contributed by atoms with Crippen molar-refractivity contribution < 1.29 is 4.79 Å². The topological polar surface area (TPSA) is 41.1 Å². The van der Waals surface area contributed by atoms with Crippen molar-refractivity contribution in [2.45, 2.75) is 6.04 Å². The maximum atomic E-state index is 11.1. The van der Waals surface area contributed by atoms with Gasteiger partial charge in [-0.25, -0.2) is 0 Å². The maximum Gasteiger partial charge on any atom is 0.234 e. The lowest BCUT2D eigenvalue weighted by atomic mass is 10.1. The number of halogens is 1. The summed E-state index contributed by atoms with van der Waals surface area (Å²) in [5, 5.41) is 6.64. The Morgan fingerprint density at radius 2 is 2.29 bits per heavy atom. The van der Waals surface area contributed by atoms with E-state index in [-0.39, 0.29) is 11.9 Å². The summed E-state index contributed by atoms with van der Waals surface area (Å²) in [6.07, 6.45) is 0. The monoisotopic (exact) mass is 210 g/mol. The van der Waals surface area contributed by atoms with E-state index < -0.39 is 0 Å². The highest BCUT2D eigenvalue weighted by Gasteiger charge is 2.18. The molecule has 0 aromatic heterocycles. The van der Waals surface area contributed by atoms with Gasteiger partial charge in [0.1, 0.15) is 0 Å². The van der Waals surface area contributed by atoms with Crippen LogP contribution >= 0.6 is 11.6 Å². The largest absolute Gasteiger partial charge is 0.347 e. The van der Waals surface area contributed by atoms with Gasteiger partial charge in [-0.2, -0.15) is 0 Å². The molecule has 0 spiro atoms. The second-order valence-electron chi connectivity index (χ2n) is 3.31. The molecule has 0 aliphatic carbocycles. The molecule has 2 N–H and O–H groups in total. The van der Waals surface area contributed by atoms with Crippen LogP contribution in [0, 0.1) is 0 Å². The van der Waals surface area contributed by atoms with Crippen LogP contribution < -0.4 is 10.6 Å². The van der Waals surface area contributed by atoms with Crippen LogP contribution in [0.2, 0.25) is 5.02 Å². The van der Waals surface area contributed by atoms with Gasteiger partial charge in [-0.3, -0.25) is 4.79 Å². The molecule has 0 radical (unpaired) electrons. The Labute approximate surface area is 87.4 Å². The van der Waals surface area contributed by atoms with Crippen LogP contribution in [0.1, 0.15) is 11.6 Å². The molecule has 1 saturated heterocycles. The molecule has 4 heteroatoms. The lowest BCUT2D eigenvalue weighted by Gasteiger charge is -2.24. The molecule has 2 rings (SSSR count).